The lowest BCUT2D eigenvalue weighted by Gasteiger charge is -2.14. The number of nitrogens with one attached hydrogen (secondary N) is 1. The van der Waals surface area contributed by atoms with Crippen molar-refractivity contribution in [3.8, 4) is 28.5 Å². The van der Waals surface area contributed by atoms with Crippen molar-refractivity contribution in [3.05, 3.63) is 36.5 Å². The van der Waals surface area contributed by atoms with Gasteiger partial charge in [0.1, 0.15) is 23.7 Å². The van der Waals surface area contributed by atoms with Crippen LogP contribution in [-0.4, -0.2) is 74.5 Å². The molecule has 1 atom stereocenters. The zero-order valence-electron chi connectivity index (χ0n) is 20.8. The maximum Gasteiger partial charge on any atom is 0.490 e. The number of esters is 1. The molecular weight excluding hydrogens is 523 g/mol. The number of carbonyl (C=O) groups is 1. The van der Waals surface area contributed by atoms with Crippen LogP contribution >= 0.6 is 0 Å². The molecule has 12 nitrogen and oxygen atoms in total. The Morgan fingerprint density at radius 3 is 2.67 bits per heavy atom. The number of halogens is 3. The van der Waals surface area contributed by atoms with E-state index in [1.165, 1.54) is 0 Å². The van der Waals surface area contributed by atoms with Gasteiger partial charge in [-0.25, -0.2) is 19.4 Å². The van der Waals surface area contributed by atoms with Gasteiger partial charge in [0.2, 0.25) is 0 Å². The van der Waals surface area contributed by atoms with Gasteiger partial charge in [0, 0.05) is 18.7 Å². The normalized spacial score (nSPS) is 12.5. The van der Waals surface area contributed by atoms with Crippen molar-refractivity contribution in [2.24, 2.45) is 0 Å². The number of fused-ring (bicyclic) bond motifs is 1. The van der Waals surface area contributed by atoms with Gasteiger partial charge in [0.05, 0.1) is 18.5 Å². The Bertz CT molecular complexity index is 1410. The van der Waals surface area contributed by atoms with Crippen LogP contribution < -0.4 is 15.8 Å². The van der Waals surface area contributed by atoms with Gasteiger partial charge in [-0.1, -0.05) is 30.3 Å². The van der Waals surface area contributed by atoms with E-state index in [1.54, 1.807) is 6.20 Å². The number of rotatable bonds is 12. The van der Waals surface area contributed by atoms with Crippen molar-refractivity contribution in [1.29, 1.82) is 0 Å². The van der Waals surface area contributed by atoms with Gasteiger partial charge >= 0.3 is 12.1 Å². The number of aromatic nitrogens is 5. The number of imidazole rings is 1. The topological polar surface area (TPSA) is 163 Å². The summed E-state index contributed by atoms with van der Waals surface area (Å²) in [5.41, 5.74) is 8.99. The molecule has 1 unspecified atom stereocenters. The van der Waals surface area contributed by atoms with E-state index in [0.717, 1.165) is 5.56 Å². The van der Waals surface area contributed by atoms with Gasteiger partial charge in [-0.15, -0.1) is 0 Å². The summed E-state index contributed by atoms with van der Waals surface area (Å²) in [7, 11) is 0. The van der Waals surface area contributed by atoms with Crippen LogP contribution in [0.2, 0.25) is 0 Å². The van der Waals surface area contributed by atoms with Crippen molar-refractivity contribution in [2.75, 3.05) is 32.0 Å². The first-order valence-electron chi connectivity index (χ1n) is 12.0. The number of aryl methyl sites for hydroxylation is 1. The van der Waals surface area contributed by atoms with Crippen LogP contribution in [0.25, 0.3) is 33.8 Å². The summed E-state index contributed by atoms with van der Waals surface area (Å²) in [4.78, 5) is 20.1. The molecule has 0 fully saturated rings. The maximum absolute atomic E-state index is 12.2. The molecule has 0 amide bonds. The van der Waals surface area contributed by atoms with Crippen molar-refractivity contribution < 1.29 is 37.2 Å². The second-order valence-electron chi connectivity index (χ2n) is 8.37. The molecule has 0 radical (unpaired) electrons. The van der Waals surface area contributed by atoms with Crippen LogP contribution in [-0.2, 0) is 16.1 Å². The van der Waals surface area contributed by atoms with Gasteiger partial charge in [0.25, 0.3) is 0 Å². The second-order valence-corrected chi connectivity index (χ2v) is 8.37. The highest BCUT2D eigenvalue weighted by atomic mass is 19.4. The van der Waals surface area contributed by atoms with Crippen molar-refractivity contribution in [1.82, 2.24) is 30.2 Å². The Balaban J connectivity index is 1.45. The summed E-state index contributed by atoms with van der Waals surface area (Å²) < 4.78 is 53.2. The fourth-order valence-corrected chi connectivity index (χ4v) is 3.83. The SMILES string of the molecule is CCn1c(-c2nonc2N)nc2c(-c3ccccc3)ncc(OCCCNCC(O)COC(=O)C(F)(F)F)c21. The van der Waals surface area contributed by atoms with Crippen LogP contribution in [0.5, 0.6) is 5.75 Å². The molecule has 0 saturated heterocycles. The number of aliphatic hydroxyl groups excluding tert-OH is 1. The summed E-state index contributed by atoms with van der Waals surface area (Å²) in [6, 6.07) is 9.54. The van der Waals surface area contributed by atoms with Crippen LogP contribution in [0.1, 0.15) is 13.3 Å². The Labute approximate surface area is 219 Å². The Morgan fingerprint density at radius 1 is 1.23 bits per heavy atom. The van der Waals surface area contributed by atoms with E-state index in [2.05, 4.69) is 25.4 Å². The van der Waals surface area contributed by atoms with Crippen LogP contribution in [0.4, 0.5) is 19.0 Å². The Morgan fingerprint density at radius 2 is 2.00 bits per heavy atom. The fraction of sp³-hybridized carbons (Fsp3) is 0.375. The highest BCUT2D eigenvalue weighted by molar-refractivity contribution is 5.95. The molecule has 3 heterocycles. The fourth-order valence-electron chi connectivity index (χ4n) is 3.83. The molecule has 0 aliphatic heterocycles. The van der Waals surface area contributed by atoms with Crippen LogP contribution in [0.15, 0.2) is 41.2 Å². The highest BCUT2D eigenvalue weighted by Crippen LogP contribution is 2.36. The number of hydrogen-bond donors (Lipinski definition) is 3. The van der Waals surface area contributed by atoms with E-state index in [4.69, 9.17) is 20.1 Å². The van der Waals surface area contributed by atoms with Gasteiger partial charge in [0.15, 0.2) is 23.1 Å². The average molecular weight is 550 g/mol. The molecule has 15 heteroatoms. The van der Waals surface area contributed by atoms with Crippen molar-refractivity contribution >= 4 is 22.8 Å². The summed E-state index contributed by atoms with van der Waals surface area (Å²) in [6.07, 6.45) is -4.29. The first-order chi connectivity index (χ1) is 18.7. The monoisotopic (exact) mass is 549 g/mol. The second kappa shape index (κ2) is 12.1. The number of carbonyl (C=O) groups excluding carboxylic acids is 1. The number of anilines is 1. The van der Waals surface area contributed by atoms with Crippen molar-refractivity contribution in [3.63, 3.8) is 0 Å². The van der Waals surface area contributed by atoms with E-state index in [9.17, 15) is 23.1 Å². The molecule has 0 bridgehead atoms. The molecule has 0 spiro atoms. The Hall–Kier alpha value is -4.24. The van der Waals surface area contributed by atoms with Gasteiger partial charge in [-0.05, 0) is 30.2 Å². The first kappa shape index (κ1) is 27.8. The third kappa shape index (κ3) is 6.43. The number of nitrogen functional groups attached to an aromatic ring is 1. The molecule has 4 rings (SSSR count). The van der Waals surface area contributed by atoms with E-state index >= 15 is 0 Å². The molecule has 4 N–H and O–H groups in total. The largest absolute Gasteiger partial charge is 0.490 e. The zero-order chi connectivity index (χ0) is 28.0. The van der Waals surface area contributed by atoms with E-state index in [1.807, 2.05) is 41.8 Å². The standard InChI is InChI=1S/C24H26F3N7O5/c1-2-34-20-16(37-10-6-9-29-11-15(35)13-38-23(36)24(25,26)27)12-30-17(14-7-4-3-5-8-14)18(20)31-22(34)19-21(28)33-39-32-19/h3-5,7-8,12,15,29,35H,2,6,9-11,13H2,1H3,(H2,28,33). The van der Waals surface area contributed by atoms with E-state index in [-0.39, 0.29) is 19.0 Å². The smallest absolute Gasteiger partial charge is 0.490 e. The van der Waals surface area contributed by atoms with Crippen LogP contribution in [0, 0.1) is 0 Å². The molecule has 4 aromatic rings. The minimum Gasteiger partial charge on any atom is -0.490 e. The average Bonchev–Trinajstić information content (AvgIpc) is 3.52. The predicted octanol–water partition coefficient (Wildman–Crippen LogP) is 2.58. The molecule has 0 saturated carbocycles. The minimum atomic E-state index is -5.10. The first-order valence-corrected chi connectivity index (χ1v) is 12.0. The predicted molar refractivity (Wildman–Crippen MR) is 132 cm³/mol. The highest BCUT2D eigenvalue weighted by Gasteiger charge is 2.41. The number of benzene rings is 1. The summed E-state index contributed by atoms with van der Waals surface area (Å²) in [5, 5.41) is 20.1. The number of aliphatic hydroxyl groups is 1. The summed E-state index contributed by atoms with van der Waals surface area (Å²) in [5.74, 6) is -1.33. The summed E-state index contributed by atoms with van der Waals surface area (Å²) in [6.45, 7) is 2.23. The number of ether oxygens (including phenoxy) is 2. The minimum absolute atomic E-state index is 0.0676. The molecule has 1 aromatic carbocycles. The van der Waals surface area contributed by atoms with Gasteiger partial charge < -0.3 is 30.2 Å². The molecule has 0 aliphatic carbocycles. The molecule has 208 valence electrons. The van der Waals surface area contributed by atoms with Gasteiger partial charge in [-0.2, -0.15) is 13.2 Å². The summed E-state index contributed by atoms with van der Waals surface area (Å²) >= 11 is 0. The molecule has 0 aliphatic rings. The number of pyridine rings is 1. The zero-order valence-corrected chi connectivity index (χ0v) is 20.8. The van der Waals surface area contributed by atoms with E-state index in [0.29, 0.717) is 53.5 Å². The molecule has 3 aromatic heterocycles. The lowest BCUT2D eigenvalue weighted by Crippen LogP contribution is -2.34. The number of nitrogens with zero attached hydrogens (tertiary/aromatic N) is 5. The molecule has 39 heavy (non-hydrogen) atoms. The van der Waals surface area contributed by atoms with Gasteiger partial charge in [-0.3, -0.25) is 0 Å². The lowest BCUT2D eigenvalue weighted by atomic mass is 10.1. The number of nitrogens with two attached hydrogens (primary N) is 1. The Kier molecular flexibility index (Phi) is 8.61. The van der Waals surface area contributed by atoms with Crippen molar-refractivity contribution in [2.45, 2.75) is 32.2 Å². The number of hydrogen-bond acceptors (Lipinski definition) is 11. The third-order valence-corrected chi connectivity index (χ3v) is 5.60. The third-order valence-electron chi connectivity index (χ3n) is 5.60. The molecular formula is C24H26F3N7O5. The maximum atomic E-state index is 12.2. The number of alkyl halides is 3. The van der Waals surface area contributed by atoms with E-state index < -0.39 is 24.9 Å². The quantitative estimate of drug-likeness (QED) is 0.176. The lowest BCUT2D eigenvalue weighted by molar-refractivity contribution is -0.201. The van der Waals surface area contributed by atoms with Crippen LogP contribution in [0.3, 0.4) is 0 Å².